The monoisotopic (exact) mass is 362 g/mol. The first-order chi connectivity index (χ1) is 9.86. The molecule has 1 heterocycles. The highest BCUT2D eigenvalue weighted by atomic mass is 35.5. The van der Waals surface area contributed by atoms with E-state index in [-0.39, 0.29) is 30.7 Å². The summed E-state index contributed by atoms with van der Waals surface area (Å²) in [7, 11) is 3.72. The average molecular weight is 363 g/mol. The Balaban J connectivity index is 0.00000242. The van der Waals surface area contributed by atoms with Crippen molar-refractivity contribution in [2.75, 3.05) is 24.3 Å². The first-order valence-electron chi connectivity index (χ1n) is 7.01. The minimum Gasteiger partial charge on any atom is -0.423 e. The molecule has 0 saturated heterocycles. The Bertz CT molecular complexity index is 643. The van der Waals surface area contributed by atoms with Crippen molar-refractivity contribution in [1.82, 2.24) is 4.98 Å². The zero-order valence-electron chi connectivity index (χ0n) is 13.7. The molecule has 0 radical (unpaired) electrons. The van der Waals surface area contributed by atoms with Crippen molar-refractivity contribution in [3.8, 4) is 0 Å². The molecule has 2 rings (SSSR count). The first kappa shape index (κ1) is 21.5. The number of nitrogens with two attached hydrogens (primary N) is 1. The number of anilines is 2. The number of fused-ring (bicyclic) bond motifs is 1. The Hall–Kier alpha value is -1.50. The number of rotatable bonds is 5. The van der Waals surface area contributed by atoms with E-state index in [0.29, 0.717) is 35.1 Å². The largest absolute Gasteiger partial charge is 0.423 e. The van der Waals surface area contributed by atoms with Crippen molar-refractivity contribution in [3.05, 3.63) is 18.2 Å². The number of benzene rings is 1. The third kappa shape index (κ3) is 5.57. The van der Waals surface area contributed by atoms with Crippen LogP contribution < -0.4 is 16.0 Å². The third-order valence-corrected chi connectivity index (χ3v) is 3.09. The second-order valence-electron chi connectivity index (χ2n) is 5.80. The maximum absolute atomic E-state index is 12.0. The molecule has 0 saturated carbocycles. The summed E-state index contributed by atoms with van der Waals surface area (Å²) in [6, 6.07) is 5.39. The molecule has 2 aromatic rings. The smallest absolute Gasteiger partial charge is 0.297 e. The topological polar surface area (TPSA) is 84.4 Å². The summed E-state index contributed by atoms with van der Waals surface area (Å²) in [5.41, 5.74) is 7.93. The molecule has 130 valence electrons. The highest BCUT2D eigenvalue weighted by molar-refractivity contribution is 5.96. The van der Waals surface area contributed by atoms with Gasteiger partial charge in [-0.15, -0.1) is 24.8 Å². The van der Waals surface area contributed by atoms with Gasteiger partial charge in [0.05, 0.1) is 6.04 Å². The normalized spacial score (nSPS) is 11.6. The summed E-state index contributed by atoms with van der Waals surface area (Å²) in [5, 5.41) is 2.82. The molecule has 3 N–H and O–H groups in total. The fourth-order valence-corrected chi connectivity index (χ4v) is 2.03. The highest BCUT2D eigenvalue weighted by Gasteiger charge is 2.16. The van der Waals surface area contributed by atoms with Crippen LogP contribution in [0.3, 0.4) is 0 Å². The van der Waals surface area contributed by atoms with E-state index in [9.17, 15) is 4.79 Å². The van der Waals surface area contributed by atoms with Gasteiger partial charge in [0.2, 0.25) is 5.91 Å². The van der Waals surface area contributed by atoms with E-state index in [1.807, 2.05) is 27.9 Å². The Morgan fingerprint density at radius 1 is 1.35 bits per heavy atom. The maximum Gasteiger partial charge on any atom is 0.297 e. The Morgan fingerprint density at radius 3 is 2.57 bits per heavy atom. The van der Waals surface area contributed by atoms with E-state index in [1.165, 1.54) is 0 Å². The van der Waals surface area contributed by atoms with E-state index < -0.39 is 6.04 Å². The van der Waals surface area contributed by atoms with Crippen molar-refractivity contribution in [2.24, 2.45) is 11.7 Å². The van der Waals surface area contributed by atoms with Gasteiger partial charge in [0.25, 0.3) is 6.01 Å². The molecule has 0 spiro atoms. The molecule has 8 heteroatoms. The van der Waals surface area contributed by atoms with E-state index in [2.05, 4.69) is 10.3 Å². The molecule has 0 unspecified atom stereocenters. The average Bonchev–Trinajstić information content (AvgIpc) is 2.81. The van der Waals surface area contributed by atoms with Crippen LogP contribution in [0.4, 0.5) is 11.7 Å². The lowest BCUT2D eigenvalue weighted by molar-refractivity contribution is -0.117. The summed E-state index contributed by atoms with van der Waals surface area (Å²) >= 11 is 0. The van der Waals surface area contributed by atoms with Crippen molar-refractivity contribution >= 4 is 53.5 Å². The van der Waals surface area contributed by atoms with E-state index >= 15 is 0 Å². The Labute approximate surface area is 148 Å². The molecule has 1 atom stereocenters. The number of halogens is 2. The standard InChI is InChI=1S/C15H22N4O2.2ClH/c1-9(2)7-11(16)14(20)17-10-5-6-13-12(8-10)18-15(21-13)19(3)4;;/h5-6,8-9,11H,7,16H2,1-4H3,(H,17,20);2*1H/t11-;;/m0../s1. The van der Waals surface area contributed by atoms with Gasteiger partial charge in [0, 0.05) is 19.8 Å². The molecule has 0 aliphatic carbocycles. The fraction of sp³-hybridized carbons (Fsp3) is 0.467. The number of oxazole rings is 1. The molecule has 1 aromatic carbocycles. The number of carbonyl (C=O) groups excluding carboxylic acids is 1. The van der Waals surface area contributed by atoms with Crippen LogP contribution in [0.2, 0.25) is 0 Å². The van der Waals surface area contributed by atoms with Crippen LogP contribution in [0.5, 0.6) is 0 Å². The third-order valence-electron chi connectivity index (χ3n) is 3.09. The number of hydrogen-bond acceptors (Lipinski definition) is 5. The van der Waals surface area contributed by atoms with E-state index in [1.54, 1.807) is 23.1 Å². The van der Waals surface area contributed by atoms with Gasteiger partial charge < -0.3 is 20.4 Å². The summed E-state index contributed by atoms with van der Waals surface area (Å²) in [6.07, 6.45) is 0.656. The van der Waals surface area contributed by atoms with Crippen LogP contribution in [-0.2, 0) is 4.79 Å². The minimum atomic E-state index is -0.504. The van der Waals surface area contributed by atoms with E-state index in [0.717, 1.165) is 0 Å². The Kier molecular flexibility index (Phi) is 8.37. The van der Waals surface area contributed by atoms with E-state index in [4.69, 9.17) is 10.2 Å². The van der Waals surface area contributed by atoms with Crippen LogP contribution in [0.25, 0.3) is 11.1 Å². The molecule has 1 amide bonds. The van der Waals surface area contributed by atoms with Gasteiger partial charge in [0.15, 0.2) is 5.58 Å². The highest BCUT2D eigenvalue weighted by Crippen LogP contribution is 2.23. The number of nitrogens with zero attached hydrogens (tertiary/aromatic N) is 2. The molecule has 0 aliphatic heterocycles. The lowest BCUT2D eigenvalue weighted by atomic mass is 10.0. The molecule has 0 aliphatic rings. The molecule has 1 aromatic heterocycles. The first-order valence-corrected chi connectivity index (χ1v) is 7.01. The van der Waals surface area contributed by atoms with Crippen LogP contribution in [0.1, 0.15) is 20.3 Å². The van der Waals surface area contributed by atoms with Gasteiger partial charge in [-0.25, -0.2) is 0 Å². The van der Waals surface area contributed by atoms with Gasteiger partial charge >= 0.3 is 0 Å². The number of nitrogens with one attached hydrogen (secondary N) is 1. The van der Waals surface area contributed by atoms with Gasteiger partial charge in [-0.05, 0) is 30.5 Å². The number of hydrogen-bond donors (Lipinski definition) is 2. The molecule has 23 heavy (non-hydrogen) atoms. The predicted octanol–water partition coefficient (Wildman–Crippen LogP) is 3.05. The zero-order valence-corrected chi connectivity index (χ0v) is 15.3. The van der Waals surface area contributed by atoms with Crippen LogP contribution >= 0.6 is 24.8 Å². The lowest BCUT2D eigenvalue weighted by Gasteiger charge is -2.13. The summed E-state index contributed by atoms with van der Waals surface area (Å²) in [6.45, 7) is 4.08. The van der Waals surface area contributed by atoms with Crippen molar-refractivity contribution < 1.29 is 9.21 Å². The summed E-state index contributed by atoms with van der Waals surface area (Å²) in [5.74, 6) is 0.200. The van der Waals surface area contributed by atoms with Crippen molar-refractivity contribution in [2.45, 2.75) is 26.3 Å². The number of aromatic nitrogens is 1. The molecule has 6 nitrogen and oxygen atoms in total. The summed E-state index contributed by atoms with van der Waals surface area (Å²) in [4.78, 5) is 18.1. The van der Waals surface area contributed by atoms with Gasteiger partial charge in [-0.2, -0.15) is 4.98 Å². The predicted molar refractivity (Wildman–Crippen MR) is 98.9 cm³/mol. The minimum absolute atomic E-state index is 0. The number of amides is 1. The lowest BCUT2D eigenvalue weighted by Crippen LogP contribution is -2.36. The molecule has 0 bridgehead atoms. The maximum atomic E-state index is 12.0. The van der Waals surface area contributed by atoms with Crippen LogP contribution in [0.15, 0.2) is 22.6 Å². The van der Waals surface area contributed by atoms with Crippen molar-refractivity contribution in [3.63, 3.8) is 0 Å². The fourth-order valence-electron chi connectivity index (χ4n) is 2.03. The molecular formula is C15H24Cl2N4O2. The number of carbonyl (C=O) groups is 1. The SMILES string of the molecule is CC(C)C[C@H](N)C(=O)Nc1ccc2oc(N(C)C)nc2c1.Cl.Cl. The zero-order chi connectivity index (χ0) is 15.6. The molecule has 0 fully saturated rings. The van der Waals surface area contributed by atoms with Gasteiger partial charge in [0.1, 0.15) is 5.52 Å². The second kappa shape index (κ2) is 8.96. The van der Waals surface area contributed by atoms with Crippen LogP contribution in [-0.4, -0.2) is 31.0 Å². The van der Waals surface area contributed by atoms with Crippen molar-refractivity contribution in [1.29, 1.82) is 0 Å². The van der Waals surface area contributed by atoms with Crippen LogP contribution in [0, 0.1) is 5.92 Å². The Morgan fingerprint density at radius 2 is 2.00 bits per heavy atom. The van der Waals surface area contributed by atoms with Gasteiger partial charge in [-0.3, -0.25) is 4.79 Å². The second-order valence-corrected chi connectivity index (χ2v) is 5.80. The quantitative estimate of drug-likeness (QED) is 0.853. The van der Waals surface area contributed by atoms with Gasteiger partial charge in [-0.1, -0.05) is 13.8 Å². The molecular weight excluding hydrogens is 339 g/mol. The summed E-state index contributed by atoms with van der Waals surface area (Å²) < 4.78 is 5.57.